The fourth-order valence-electron chi connectivity index (χ4n) is 2.13. The van der Waals surface area contributed by atoms with Gasteiger partial charge < -0.3 is 15.4 Å². The third-order valence-electron chi connectivity index (χ3n) is 3.35. The van der Waals surface area contributed by atoms with Crippen molar-refractivity contribution in [1.82, 2.24) is 5.32 Å². The molecule has 0 unspecified atom stereocenters. The van der Waals surface area contributed by atoms with Gasteiger partial charge in [0.2, 0.25) is 5.91 Å². The van der Waals surface area contributed by atoms with E-state index in [-0.39, 0.29) is 5.70 Å². The Kier molecular flexibility index (Phi) is 7.63. The number of nitrogens with one attached hydrogen (secondary N) is 2. The monoisotopic (exact) mass is 384 g/mol. The van der Waals surface area contributed by atoms with Crippen molar-refractivity contribution in [2.45, 2.75) is 11.8 Å². The molecule has 2 aromatic carbocycles. The van der Waals surface area contributed by atoms with Crippen LogP contribution in [0.1, 0.15) is 12.5 Å². The molecule has 0 fully saturated rings. The SMILES string of the molecule is CSc1ccc(NC(=O)COC(=O)/C(=C/c2ccccc2)NC(C)=O)cc1. The number of hydrogen-bond acceptors (Lipinski definition) is 5. The highest BCUT2D eigenvalue weighted by atomic mass is 32.2. The fourth-order valence-corrected chi connectivity index (χ4v) is 2.54. The molecule has 140 valence electrons. The Labute approximate surface area is 162 Å². The first-order valence-electron chi connectivity index (χ1n) is 8.13. The van der Waals surface area contributed by atoms with Crippen LogP contribution in [0, 0.1) is 0 Å². The van der Waals surface area contributed by atoms with Crippen LogP contribution in [0.5, 0.6) is 0 Å². The third kappa shape index (κ3) is 6.99. The number of amides is 2. The van der Waals surface area contributed by atoms with Gasteiger partial charge in [0.25, 0.3) is 5.91 Å². The number of ether oxygens (including phenoxy) is 1. The normalized spacial score (nSPS) is 10.8. The molecule has 0 aliphatic heterocycles. The fraction of sp³-hybridized carbons (Fsp3) is 0.150. The van der Waals surface area contributed by atoms with Gasteiger partial charge in [0.1, 0.15) is 5.70 Å². The molecule has 0 bridgehead atoms. The van der Waals surface area contributed by atoms with Gasteiger partial charge in [-0.15, -0.1) is 11.8 Å². The van der Waals surface area contributed by atoms with Crippen LogP contribution < -0.4 is 10.6 Å². The Morgan fingerprint density at radius 1 is 1.04 bits per heavy atom. The first kappa shape index (κ1) is 20.3. The number of carbonyl (C=O) groups is 3. The van der Waals surface area contributed by atoms with Crippen molar-refractivity contribution in [3.8, 4) is 0 Å². The minimum atomic E-state index is -0.790. The van der Waals surface area contributed by atoms with Crippen LogP contribution in [0.3, 0.4) is 0 Å². The zero-order valence-corrected chi connectivity index (χ0v) is 15.8. The van der Waals surface area contributed by atoms with E-state index in [4.69, 9.17) is 4.74 Å². The molecule has 0 saturated heterocycles. The van der Waals surface area contributed by atoms with Gasteiger partial charge in [-0.1, -0.05) is 30.3 Å². The summed E-state index contributed by atoms with van der Waals surface area (Å²) in [7, 11) is 0. The Balaban J connectivity index is 1.96. The van der Waals surface area contributed by atoms with E-state index in [0.717, 1.165) is 10.5 Å². The molecule has 2 N–H and O–H groups in total. The summed E-state index contributed by atoms with van der Waals surface area (Å²) in [5.41, 5.74) is 1.29. The number of esters is 1. The van der Waals surface area contributed by atoms with E-state index in [1.54, 1.807) is 48.2 Å². The number of rotatable bonds is 7. The van der Waals surface area contributed by atoms with Gasteiger partial charge in [0.05, 0.1) is 0 Å². The summed E-state index contributed by atoms with van der Waals surface area (Å²) in [6.45, 7) is 0.825. The van der Waals surface area contributed by atoms with E-state index < -0.39 is 24.4 Å². The lowest BCUT2D eigenvalue weighted by molar-refractivity contribution is -0.144. The van der Waals surface area contributed by atoms with Crippen molar-refractivity contribution < 1.29 is 19.1 Å². The molecule has 0 aliphatic carbocycles. The molecule has 0 radical (unpaired) electrons. The van der Waals surface area contributed by atoms with Gasteiger partial charge in [0.15, 0.2) is 6.61 Å². The predicted molar refractivity (Wildman–Crippen MR) is 106 cm³/mol. The molecule has 7 heteroatoms. The molecule has 0 spiro atoms. The standard InChI is InChI=1S/C20H20N2O4S/c1-14(23)21-18(12-15-6-4-3-5-7-15)20(25)26-13-19(24)22-16-8-10-17(27-2)11-9-16/h3-12H,13H2,1-2H3,(H,21,23)(H,22,24)/b18-12-. The summed E-state index contributed by atoms with van der Waals surface area (Å²) in [6, 6.07) is 16.3. The maximum Gasteiger partial charge on any atom is 0.355 e. The topological polar surface area (TPSA) is 84.5 Å². The summed E-state index contributed by atoms with van der Waals surface area (Å²) < 4.78 is 5.02. The van der Waals surface area contributed by atoms with Crippen LogP contribution in [0.25, 0.3) is 6.08 Å². The summed E-state index contributed by atoms with van der Waals surface area (Å²) in [5.74, 6) is -1.67. The summed E-state index contributed by atoms with van der Waals surface area (Å²) in [4.78, 5) is 36.6. The van der Waals surface area contributed by atoms with E-state index in [2.05, 4.69) is 10.6 Å². The minimum absolute atomic E-state index is 0.0363. The number of benzene rings is 2. The van der Waals surface area contributed by atoms with Gasteiger partial charge in [0, 0.05) is 17.5 Å². The number of carbonyl (C=O) groups excluding carboxylic acids is 3. The predicted octanol–water partition coefficient (Wildman–Crippen LogP) is 3.07. The highest BCUT2D eigenvalue weighted by Gasteiger charge is 2.15. The highest BCUT2D eigenvalue weighted by molar-refractivity contribution is 7.98. The number of thioether (sulfide) groups is 1. The summed E-state index contributed by atoms with van der Waals surface area (Å²) in [6.07, 6.45) is 3.45. The van der Waals surface area contributed by atoms with Crippen molar-refractivity contribution in [3.63, 3.8) is 0 Å². The van der Waals surface area contributed by atoms with Gasteiger partial charge in [-0.3, -0.25) is 9.59 Å². The molecular weight excluding hydrogens is 364 g/mol. The van der Waals surface area contributed by atoms with E-state index >= 15 is 0 Å². The van der Waals surface area contributed by atoms with Gasteiger partial charge >= 0.3 is 5.97 Å². The van der Waals surface area contributed by atoms with Crippen molar-refractivity contribution >= 4 is 41.3 Å². The average Bonchev–Trinajstić information content (AvgIpc) is 2.66. The Bertz CT molecular complexity index is 833. The minimum Gasteiger partial charge on any atom is -0.451 e. The summed E-state index contributed by atoms with van der Waals surface area (Å²) >= 11 is 1.60. The van der Waals surface area contributed by atoms with Crippen molar-refractivity contribution in [3.05, 3.63) is 65.9 Å². The van der Waals surface area contributed by atoms with Crippen LogP contribution >= 0.6 is 11.8 Å². The van der Waals surface area contributed by atoms with Gasteiger partial charge in [-0.05, 0) is 42.2 Å². The average molecular weight is 384 g/mol. The van der Waals surface area contributed by atoms with E-state index in [0.29, 0.717) is 5.69 Å². The van der Waals surface area contributed by atoms with Crippen molar-refractivity contribution in [2.24, 2.45) is 0 Å². The Morgan fingerprint density at radius 2 is 1.70 bits per heavy atom. The molecule has 2 aromatic rings. The lowest BCUT2D eigenvalue weighted by Crippen LogP contribution is -2.28. The highest BCUT2D eigenvalue weighted by Crippen LogP contribution is 2.17. The zero-order chi connectivity index (χ0) is 19.6. The van der Waals surface area contributed by atoms with E-state index in [1.807, 2.05) is 24.5 Å². The van der Waals surface area contributed by atoms with Crippen LogP contribution in [0.15, 0.2) is 65.2 Å². The number of hydrogen-bond donors (Lipinski definition) is 2. The molecule has 0 heterocycles. The molecule has 2 rings (SSSR count). The second kappa shape index (κ2) is 10.2. The molecule has 0 aliphatic rings. The van der Waals surface area contributed by atoms with Crippen molar-refractivity contribution in [2.75, 3.05) is 18.2 Å². The van der Waals surface area contributed by atoms with Gasteiger partial charge in [-0.2, -0.15) is 0 Å². The van der Waals surface area contributed by atoms with E-state index in [1.165, 1.54) is 13.0 Å². The molecule has 6 nitrogen and oxygen atoms in total. The lowest BCUT2D eigenvalue weighted by Gasteiger charge is -2.10. The third-order valence-corrected chi connectivity index (χ3v) is 4.09. The molecule has 0 saturated carbocycles. The van der Waals surface area contributed by atoms with Crippen LogP contribution in [0.2, 0.25) is 0 Å². The molecular formula is C20H20N2O4S. The molecule has 0 atom stereocenters. The largest absolute Gasteiger partial charge is 0.451 e. The van der Waals surface area contributed by atoms with Crippen LogP contribution in [0.4, 0.5) is 5.69 Å². The second-order valence-electron chi connectivity index (χ2n) is 5.50. The zero-order valence-electron chi connectivity index (χ0n) is 15.0. The first-order chi connectivity index (χ1) is 13.0. The Morgan fingerprint density at radius 3 is 2.30 bits per heavy atom. The summed E-state index contributed by atoms with van der Waals surface area (Å²) in [5, 5.41) is 5.07. The molecule has 0 aromatic heterocycles. The van der Waals surface area contributed by atoms with E-state index in [9.17, 15) is 14.4 Å². The first-order valence-corrected chi connectivity index (χ1v) is 9.36. The van der Waals surface area contributed by atoms with Gasteiger partial charge in [-0.25, -0.2) is 4.79 Å². The maximum absolute atomic E-state index is 12.2. The van der Waals surface area contributed by atoms with Crippen molar-refractivity contribution in [1.29, 1.82) is 0 Å². The van der Waals surface area contributed by atoms with Crippen LogP contribution in [-0.2, 0) is 19.1 Å². The second-order valence-corrected chi connectivity index (χ2v) is 6.38. The smallest absolute Gasteiger partial charge is 0.355 e. The maximum atomic E-state index is 12.2. The Hall–Kier alpha value is -3.06. The number of anilines is 1. The molecule has 2 amide bonds. The molecule has 27 heavy (non-hydrogen) atoms. The quantitative estimate of drug-likeness (QED) is 0.435. The lowest BCUT2D eigenvalue weighted by atomic mass is 10.2. The van der Waals surface area contributed by atoms with Crippen LogP contribution in [-0.4, -0.2) is 30.6 Å².